The zero-order chi connectivity index (χ0) is 26.6. The first-order chi connectivity index (χ1) is 17.6. The maximum absolute atomic E-state index is 11.3. The highest BCUT2D eigenvalue weighted by atomic mass is 32.2. The van der Waals surface area contributed by atoms with Crippen LogP contribution in [0.4, 0.5) is 0 Å². The lowest BCUT2D eigenvalue weighted by atomic mass is 9.94. The number of rotatable bonds is 11. The van der Waals surface area contributed by atoms with E-state index in [0.29, 0.717) is 37.9 Å². The summed E-state index contributed by atoms with van der Waals surface area (Å²) in [6, 6.07) is 13.8. The number of hydrogen-bond donors (Lipinski definition) is 1. The summed E-state index contributed by atoms with van der Waals surface area (Å²) >= 11 is 0. The van der Waals surface area contributed by atoms with Crippen molar-refractivity contribution in [3.05, 3.63) is 70.9 Å². The van der Waals surface area contributed by atoms with Crippen LogP contribution in [0.1, 0.15) is 41.0 Å². The number of aryl methyl sites for hydroxylation is 2. The third kappa shape index (κ3) is 7.01. The van der Waals surface area contributed by atoms with Crippen molar-refractivity contribution >= 4 is 15.8 Å². The van der Waals surface area contributed by atoms with E-state index in [9.17, 15) is 13.2 Å². The van der Waals surface area contributed by atoms with Crippen LogP contribution in [0, 0.1) is 13.8 Å². The van der Waals surface area contributed by atoms with E-state index in [4.69, 9.17) is 19.3 Å². The maximum Gasteiger partial charge on any atom is 0.304 e. The van der Waals surface area contributed by atoms with E-state index in [-0.39, 0.29) is 18.1 Å². The minimum absolute atomic E-state index is 0.0107. The first-order valence-electron chi connectivity index (χ1n) is 12.1. The molecule has 0 spiro atoms. The maximum atomic E-state index is 11.3. The molecule has 4 rings (SSSR count). The van der Waals surface area contributed by atoms with Crippen LogP contribution in [0.3, 0.4) is 0 Å². The van der Waals surface area contributed by atoms with Crippen molar-refractivity contribution in [2.24, 2.45) is 0 Å². The normalized spacial score (nSPS) is 14.6. The molecule has 0 saturated carbocycles. The number of sulfone groups is 1. The van der Waals surface area contributed by atoms with Crippen molar-refractivity contribution in [3.63, 3.8) is 0 Å². The lowest BCUT2D eigenvalue weighted by Gasteiger charge is -2.15. The molecule has 0 fully saturated rings. The number of aromatic nitrogens is 1. The van der Waals surface area contributed by atoms with Crippen LogP contribution < -0.4 is 14.2 Å². The number of nitrogens with zero attached hydrogens (tertiary/aromatic N) is 1. The molecule has 1 aliphatic heterocycles. The summed E-state index contributed by atoms with van der Waals surface area (Å²) in [5, 5.41) is 9.06. The van der Waals surface area contributed by atoms with Crippen LogP contribution in [-0.4, -0.2) is 49.7 Å². The number of hydrogen-bond acceptors (Lipinski definition) is 7. The van der Waals surface area contributed by atoms with Crippen LogP contribution in [-0.2, 0) is 21.2 Å². The Hall–Kier alpha value is -3.59. The molecule has 3 aromatic rings. The molecule has 2 aromatic carbocycles. The Morgan fingerprint density at radius 3 is 2.59 bits per heavy atom. The molecule has 0 saturated heterocycles. The Morgan fingerprint density at radius 1 is 1.14 bits per heavy atom. The van der Waals surface area contributed by atoms with Gasteiger partial charge < -0.3 is 19.3 Å². The minimum atomic E-state index is -2.99. The van der Waals surface area contributed by atoms with Gasteiger partial charge in [-0.1, -0.05) is 18.2 Å². The molecule has 0 amide bonds. The SMILES string of the molecule is Cc1cc(OCCCS(C)(=O)=O)cc(C)c1-c1cccc(COc2cc3c(cn2)[C@@H](CC(=O)O)CO3)c1. The molecule has 0 unspecified atom stereocenters. The third-order valence-electron chi connectivity index (χ3n) is 6.21. The lowest BCUT2D eigenvalue weighted by molar-refractivity contribution is -0.137. The number of fused-ring (bicyclic) bond motifs is 1. The highest BCUT2D eigenvalue weighted by Gasteiger charge is 2.27. The number of benzene rings is 2. The standard InChI is InChI=1S/C28H31NO7S/c1-18-10-23(34-8-5-9-37(3,32)33)11-19(2)28(18)21-7-4-6-20(12-21)16-36-26-14-25-24(15-29-26)22(17-35-25)13-27(30)31/h4,6-7,10-12,14-15,22H,5,8-9,13,16-17H2,1-3H3,(H,30,31)/t22-/m0/s1. The van der Waals surface area contributed by atoms with Gasteiger partial charge in [-0.25, -0.2) is 13.4 Å². The molecule has 196 valence electrons. The number of pyridine rings is 1. The second kappa shape index (κ2) is 11.2. The van der Waals surface area contributed by atoms with Crippen LogP contribution in [0.15, 0.2) is 48.7 Å². The number of carboxylic acids is 1. The highest BCUT2D eigenvalue weighted by Crippen LogP contribution is 2.37. The summed E-state index contributed by atoms with van der Waals surface area (Å²) in [5.74, 6) is 0.819. The van der Waals surface area contributed by atoms with E-state index >= 15 is 0 Å². The first-order valence-corrected chi connectivity index (χ1v) is 14.1. The van der Waals surface area contributed by atoms with E-state index in [1.54, 1.807) is 12.3 Å². The zero-order valence-corrected chi connectivity index (χ0v) is 22.0. The van der Waals surface area contributed by atoms with E-state index in [1.807, 2.05) is 38.1 Å². The molecule has 0 aliphatic carbocycles. The smallest absolute Gasteiger partial charge is 0.304 e. The van der Waals surface area contributed by atoms with E-state index in [2.05, 4.69) is 17.1 Å². The molecule has 9 heteroatoms. The van der Waals surface area contributed by atoms with Gasteiger partial charge in [0, 0.05) is 30.0 Å². The van der Waals surface area contributed by atoms with Crippen LogP contribution in [0.2, 0.25) is 0 Å². The Labute approximate surface area is 217 Å². The van der Waals surface area contributed by atoms with E-state index in [1.165, 1.54) is 6.26 Å². The second-order valence-electron chi connectivity index (χ2n) is 9.42. The summed E-state index contributed by atoms with van der Waals surface area (Å²) < 4.78 is 40.0. The van der Waals surface area contributed by atoms with Crippen molar-refractivity contribution in [2.45, 2.75) is 39.2 Å². The van der Waals surface area contributed by atoms with Gasteiger partial charge in [0.25, 0.3) is 0 Å². The predicted molar refractivity (Wildman–Crippen MR) is 140 cm³/mol. The Kier molecular flexibility index (Phi) is 8.02. The molecule has 0 bridgehead atoms. The second-order valence-corrected chi connectivity index (χ2v) is 11.7. The molecule has 1 N–H and O–H groups in total. The number of ether oxygens (including phenoxy) is 3. The van der Waals surface area contributed by atoms with Gasteiger partial charge in [0.2, 0.25) is 5.88 Å². The van der Waals surface area contributed by atoms with Crippen LogP contribution in [0.5, 0.6) is 17.4 Å². The fourth-order valence-electron chi connectivity index (χ4n) is 4.55. The minimum Gasteiger partial charge on any atom is -0.494 e. The van der Waals surface area contributed by atoms with Crippen LogP contribution >= 0.6 is 0 Å². The number of carbonyl (C=O) groups is 1. The van der Waals surface area contributed by atoms with E-state index in [0.717, 1.165) is 39.1 Å². The average molecular weight is 526 g/mol. The third-order valence-corrected chi connectivity index (χ3v) is 7.24. The lowest BCUT2D eigenvalue weighted by Crippen LogP contribution is -2.08. The molecule has 1 aromatic heterocycles. The van der Waals surface area contributed by atoms with Gasteiger partial charge in [-0.3, -0.25) is 4.79 Å². The average Bonchev–Trinajstić information content (AvgIpc) is 3.21. The summed E-state index contributed by atoms with van der Waals surface area (Å²) in [5.41, 5.74) is 6.06. The summed E-state index contributed by atoms with van der Waals surface area (Å²) in [6.45, 7) is 5.05. The molecular weight excluding hydrogens is 494 g/mol. The number of aliphatic carboxylic acids is 1. The molecule has 8 nitrogen and oxygen atoms in total. The van der Waals surface area contributed by atoms with Crippen molar-refractivity contribution in [1.29, 1.82) is 0 Å². The molecule has 0 radical (unpaired) electrons. The summed E-state index contributed by atoms with van der Waals surface area (Å²) in [4.78, 5) is 15.4. The first kappa shape index (κ1) is 26.5. The molecule has 1 aliphatic rings. The Morgan fingerprint density at radius 2 is 1.89 bits per heavy atom. The van der Waals surface area contributed by atoms with Gasteiger partial charge in [0.05, 0.1) is 25.4 Å². The van der Waals surface area contributed by atoms with Crippen molar-refractivity contribution in [2.75, 3.05) is 25.2 Å². The fourth-order valence-corrected chi connectivity index (χ4v) is 5.19. The predicted octanol–water partition coefficient (Wildman–Crippen LogP) is 4.71. The van der Waals surface area contributed by atoms with Gasteiger partial charge in [0.1, 0.15) is 27.9 Å². The topological polar surface area (TPSA) is 112 Å². The Balaban J connectivity index is 1.42. The molecule has 37 heavy (non-hydrogen) atoms. The van der Waals surface area contributed by atoms with Gasteiger partial charge in [-0.15, -0.1) is 0 Å². The van der Waals surface area contributed by atoms with Gasteiger partial charge in [0.15, 0.2) is 0 Å². The van der Waals surface area contributed by atoms with Gasteiger partial charge in [-0.05, 0) is 66.3 Å². The highest BCUT2D eigenvalue weighted by molar-refractivity contribution is 7.90. The van der Waals surface area contributed by atoms with E-state index < -0.39 is 15.8 Å². The summed E-state index contributed by atoms with van der Waals surface area (Å²) in [6.07, 6.45) is 3.33. The molecule has 2 heterocycles. The van der Waals surface area contributed by atoms with Gasteiger partial charge >= 0.3 is 5.97 Å². The number of carboxylic acid groups (broad SMARTS) is 1. The molecule has 1 atom stereocenters. The van der Waals surface area contributed by atoms with Crippen molar-refractivity contribution < 1.29 is 32.5 Å². The van der Waals surface area contributed by atoms with Crippen LogP contribution in [0.25, 0.3) is 11.1 Å². The molecular formula is C28H31NO7S. The van der Waals surface area contributed by atoms with Crippen molar-refractivity contribution in [3.8, 4) is 28.5 Å². The zero-order valence-electron chi connectivity index (χ0n) is 21.2. The summed E-state index contributed by atoms with van der Waals surface area (Å²) in [7, 11) is -2.99. The largest absolute Gasteiger partial charge is 0.494 e. The van der Waals surface area contributed by atoms with Crippen molar-refractivity contribution in [1.82, 2.24) is 4.98 Å². The fraction of sp³-hybridized carbons (Fsp3) is 0.357. The quantitative estimate of drug-likeness (QED) is 0.358. The monoisotopic (exact) mass is 525 g/mol. The van der Waals surface area contributed by atoms with Gasteiger partial charge in [-0.2, -0.15) is 0 Å². The Bertz CT molecular complexity index is 1380.